The molecule has 2 N–H and O–H groups in total. The van der Waals surface area contributed by atoms with E-state index in [4.69, 9.17) is 0 Å². The average Bonchev–Trinajstić information content (AvgIpc) is 3.13. The lowest BCUT2D eigenvalue weighted by Crippen LogP contribution is -2.45. The van der Waals surface area contributed by atoms with E-state index in [1.807, 2.05) is 29.7 Å². The second kappa shape index (κ2) is 6.32. The van der Waals surface area contributed by atoms with Crippen molar-refractivity contribution in [1.82, 2.24) is 14.5 Å². The van der Waals surface area contributed by atoms with E-state index in [2.05, 4.69) is 23.0 Å². The first-order valence-corrected chi connectivity index (χ1v) is 8.31. The van der Waals surface area contributed by atoms with Gasteiger partial charge in [-0.3, -0.25) is 9.36 Å². The first kappa shape index (κ1) is 17.7. The molecule has 25 heavy (non-hydrogen) atoms. The van der Waals surface area contributed by atoms with E-state index in [-0.39, 0.29) is 24.9 Å². The highest BCUT2D eigenvalue weighted by Gasteiger charge is 2.44. The molecule has 1 atom stereocenters. The molecule has 0 saturated heterocycles. The van der Waals surface area contributed by atoms with Crippen LogP contribution in [-0.2, 0) is 12.8 Å². The largest absolute Gasteiger partial charge is 0.395 e. The Hall–Kier alpha value is -2.11. The van der Waals surface area contributed by atoms with Gasteiger partial charge in [-0.25, -0.2) is 4.98 Å². The van der Waals surface area contributed by atoms with Gasteiger partial charge in [0.05, 0.1) is 29.6 Å². The summed E-state index contributed by atoms with van der Waals surface area (Å²) in [6.07, 6.45) is 3.54. The van der Waals surface area contributed by atoms with Crippen molar-refractivity contribution < 1.29 is 9.90 Å². The molecule has 5 nitrogen and oxygen atoms in total. The van der Waals surface area contributed by atoms with Crippen LogP contribution in [0.1, 0.15) is 33.9 Å². The Labute approximate surface area is 152 Å². The van der Waals surface area contributed by atoms with Crippen molar-refractivity contribution in [1.29, 1.82) is 0 Å². The zero-order valence-electron chi connectivity index (χ0n) is 14.4. The first-order chi connectivity index (χ1) is 11.6. The number of imidazole rings is 1. The third-order valence-electron chi connectivity index (χ3n) is 5.49. The van der Waals surface area contributed by atoms with Gasteiger partial charge >= 0.3 is 0 Å². The van der Waals surface area contributed by atoms with Crippen molar-refractivity contribution in [2.24, 2.45) is 5.41 Å². The van der Waals surface area contributed by atoms with Gasteiger partial charge in [-0.2, -0.15) is 0 Å². The molecule has 0 saturated carbocycles. The van der Waals surface area contributed by atoms with Crippen LogP contribution in [0, 0.1) is 19.3 Å². The first-order valence-electron chi connectivity index (χ1n) is 8.31. The lowest BCUT2D eigenvalue weighted by molar-refractivity contribution is 0.0474. The van der Waals surface area contributed by atoms with Crippen LogP contribution in [0.25, 0.3) is 10.9 Å². The fourth-order valence-corrected chi connectivity index (χ4v) is 3.94. The highest BCUT2D eigenvalue weighted by molar-refractivity contribution is 5.99. The number of aryl methyl sites for hydroxylation is 2. The predicted molar refractivity (Wildman–Crippen MR) is 99.4 cm³/mol. The summed E-state index contributed by atoms with van der Waals surface area (Å²) < 4.78 is 1.83. The SMILES string of the molecule is Cc1[nH]cnc1CC1(CO)CCc2c(C)c3ccccc3n2C1=O.Cl. The number of para-hydroxylation sites is 1. The molecule has 0 bridgehead atoms. The Morgan fingerprint density at radius 3 is 2.76 bits per heavy atom. The molecule has 1 unspecified atom stereocenters. The smallest absolute Gasteiger partial charge is 0.240 e. The van der Waals surface area contributed by atoms with E-state index in [0.29, 0.717) is 12.8 Å². The summed E-state index contributed by atoms with van der Waals surface area (Å²) in [4.78, 5) is 20.8. The Morgan fingerprint density at radius 2 is 2.08 bits per heavy atom. The summed E-state index contributed by atoms with van der Waals surface area (Å²) in [5, 5.41) is 11.3. The van der Waals surface area contributed by atoms with E-state index < -0.39 is 5.41 Å². The number of hydrogen-bond donors (Lipinski definition) is 2. The molecule has 6 heteroatoms. The Kier molecular flexibility index (Phi) is 4.47. The van der Waals surface area contributed by atoms with E-state index in [0.717, 1.165) is 34.4 Å². The molecule has 3 aromatic rings. The number of rotatable bonds is 3. The predicted octanol–water partition coefficient (Wildman–Crippen LogP) is 3.21. The maximum atomic E-state index is 13.4. The van der Waals surface area contributed by atoms with Gasteiger partial charge in [0.15, 0.2) is 0 Å². The summed E-state index contributed by atoms with van der Waals surface area (Å²) in [6.45, 7) is 3.86. The van der Waals surface area contributed by atoms with E-state index >= 15 is 0 Å². The van der Waals surface area contributed by atoms with Crippen LogP contribution >= 0.6 is 12.4 Å². The van der Waals surface area contributed by atoms with Crippen molar-refractivity contribution in [3.8, 4) is 0 Å². The normalized spacial score (nSPS) is 19.7. The minimum atomic E-state index is -0.804. The van der Waals surface area contributed by atoms with Crippen LogP contribution in [0.5, 0.6) is 0 Å². The number of aromatic nitrogens is 3. The minimum absolute atomic E-state index is 0. The van der Waals surface area contributed by atoms with Crippen molar-refractivity contribution >= 4 is 29.2 Å². The third kappa shape index (κ3) is 2.50. The number of aliphatic hydroxyl groups excluding tert-OH is 1. The average molecular weight is 360 g/mol. The molecule has 0 spiro atoms. The number of benzene rings is 1. The number of aromatic amines is 1. The standard InChI is InChI=1S/C19H21N3O2.ClH/c1-12-14-5-3-4-6-17(14)22-16(12)7-8-19(10-23,18(22)24)9-15-13(2)20-11-21-15;/h3-6,11,23H,7-10H2,1-2H3,(H,20,21);1H. The zero-order chi connectivity index (χ0) is 16.9. The fourth-order valence-electron chi connectivity index (χ4n) is 3.94. The third-order valence-corrected chi connectivity index (χ3v) is 5.49. The molecule has 0 fully saturated rings. The summed E-state index contributed by atoms with van der Waals surface area (Å²) in [5.41, 5.74) is 4.18. The van der Waals surface area contributed by atoms with Gasteiger partial charge in [0.25, 0.3) is 0 Å². The molecule has 0 radical (unpaired) electrons. The summed E-state index contributed by atoms with van der Waals surface area (Å²) >= 11 is 0. The molecule has 3 heterocycles. The van der Waals surface area contributed by atoms with Crippen LogP contribution in [0.4, 0.5) is 0 Å². The number of carbonyl (C=O) groups excluding carboxylic acids is 1. The second-order valence-corrected chi connectivity index (χ2v) is 6.82. The van der Waals surface area contributed by atoms with Crippen LogP contribution in [0.15, 0.2) is 30.6 Å². The molecule has 1 aliphatic heterocycles. The van der Waals surface area contributed by atoms with Crippen molar-refractivity contribution in [2.75, 3.05) is 6.61 Å². The van der Waals surface area contributed by atoms with E-state index in [1.54, 1.807) is 6.33 Å². The fraction of sp³-hybridized carbons (Fsp3) is 0.368. The summed E-state index contributed by atoms with van der Waals surface area (Å²) in [6, 6.07) is 7.99. The maximum absolute atomic E-state index is 13.4. The van der Waals surface area contributed by atoms with Crippen molar-refractivity contribution in [3.05, 3.63) is 53.2 Å². The van der Waals surface area contributed by atoms with Gasteiger partial charge in [-0.1, -0.05) is 18.2 Å². The highest BCUT2D eigenvalue weighted by atomic mass is 35.5. The second-order valence-electron chi connectivity index (χ2n) is 6.82. The molecule has 1 aromatic carbocycles. The monoisotopic (exact) mass is 359 g/mol. The van der Waals surface area contributed by atoms with Crippen molar-refractivity contribution in [2.45, 2.75) is 33.1 Å². The topological polar surface area (TPSA) is 70.9 Å². The van der Waals surface area contributed by atoms with Gasteiger partial charge in [0, 0.05) is 23.2 Å². The van der Waals surface area contributed by atoms with E-state index in [9.17, 15) is 9.90 Å². The number of nitrogens with zero attached hydrogens (tertiary/aromatic N) is 2. The van der Waals surface area contributed by atoms with Crippen LogP contribution in [0.3, 0.4) is 0 Å². The lowest BCUT2D eigenvalue weighted by Gasteiger charge is -2.35. The molecular weight excluding hydrogens is 338 g/mol. The number of hydrogen-bond acceptors (Lipinski definition) is 3. The molecule has 4 rings (SSSR count). The van der Waals surface area contributed by atoms with Crippen molar-refractivity contribution in [3.63, 3.8) is 0 Å². The zero-order valence-corrected chi connectivity index (χ0v) is 15.2. The Morgan fingerprint density at radius 1 is 1.32 bits per heavy atom. The molecule has 0 aliphatic carbocycles. The van der Waals surface area contributed by atoms with Crippen LogP contribution < -0.4 is 0 Å². The van der Waals surface area contributed by atoms with Gasteiger partial charge in [-0.05, 0) is 38.3 Å². The molecular formula is C19H22ClN3O2. The molecule has 1 aliphatic rings. The van der Waals surface area contributed by atoms with Gasteiger partial charge < -0.3 is 10.1 Å². The van der Waals surface area contributed by atoms with Crippen LogP contribution in [-0.4, -0.2) is 32.2 Å². The summed E-state index contributed by atoms with van der Waals surface area (Å²) in [5.74, 6) is -0.0158. The minimum Gasteiger partial charge on any atom is -0.395 e. The van der Waals surface area contributed by atoms with E-state index in [1.165, 1.54) is 5.56 Å². The molecule has 0 amide bonds. The Bertz CT molecular complexity index is 943. The number of fused-ring (bicyclic) bond motifs is 3. The number of halogens is 1. The Balaban J connectivity index is 0.00000182. The lowest BCUT2D eigenvalue weighted by atomic mass is 9.75. The molecule has 132 valence electrons. The number of carbonyl (C=O) groups is 1. The number of nitrogens with one attached hydrogen (secondary N) is 1. The number of H-pyrrole nitrogens is 1. The van der Waals surface area contributed by atoms with Gasteiger partial charge in [-0.15, -0.1) is 12.4 Å². The highest BCUT2D eigenvalue weighted by Crippen LogP contribution is 2.39. The summed E-state index contributed by atoms with van der Waals surface area (Å²) in [7, 11) is 0. The number of aliphatic hydroxyl groups is 1. The molecule has 2 aromatic heterocycles. The quantitative estimate of drug-likeness (QED) is 0.754. The van der Waals surface area contributed by atoms with Gasteiger partial charge in [0.1, 0.15) is 0 Å². The van der Waals surface area contributed by atoms with Crippen LogP contribution in [0.2, 0.25) is 0 Å². The van der Waals surface area contributed by atoms with Gasteiger partial charge in [0.2, 0.25) is 5.91 Å². The maximum Gasteiger partial charge on any atom is 0.240 e.